The second-order valence-electron chi connectivity index (χ2n) is 5.64. The first kappa shape index (κ1) is 13.1. The molecule has 1 aromatic heterocycles. The van der Waals surface area contributed by atoms with Crippen LogP contribution in [0.5, 0.6) is 0 Å². The second-order valence-corrected chi connectivity index (χ2v) is 6.77. The quantitative estimate of drug-likeness (QED) is 0.816. The van der Waals surface area contributed by atoms with Crippen LogP contribution in [-0.2, 0) is 12.8 Å². The van der Waals surface area contributed by atoms with E-state index in [1.807, 2.05) is 0 Å². The average molecular weight is 278 g/mol. The average Bonchev–Trinajstić information content (AvgIpc) is 2.72. The fourth-order valence-electron chi connectivity index (χ4n) is 3.01. The third-order valence-corrected chi connectivity index (χ3v) is 5.34. The van der Waals surface area contributed by atoms with Gasteiger partial charge >= 0.3 is 0 Å². The molecule has 4 heteroatoms. The van der Waals surface area contributed by atoms with Gasteiger partial charge in [-0.25, -0.2) is 0 Å². The lowest BCUT2D eigenvalue weighted by Crippen LogP contribution is -2.45. The maximum absolute atomic E-state index is 12.3. The number of nitrogens with one attached hydrogen (secondary N) is 2. The Balaban J connectivity index is 1.66. The third kappa shape index (κ3) is 3.18. The summed E-state index contributed by atoms with van der Waals surface area (Å²) in [4.78, 5) is 14.7. The molecule has 0 spiro atoms. The molecule has 0 unspecified atom stereocenters. The minimum absolute atomic E-state index is 0.131. The highest BCUT2D eigenvalue weighted by Crippen LogP contribution is 2.29. The van der Waals surface area contributed by atoms with Crippen LogP contribution < -0.4 is 10.6 Å². The number of thiophene rings is 1. The summed E-state index contributed by atoms with van der Waals surface area (Å²) in [5.74, 6) is 0.131. The van der Waals surface area contributed by atoms with E-state index in [1.54, 1.807) is 11.3 Å². The summed E-state index contributed by atoms with van der Waals surface area (Å²) in [5, 5.41) is 6.51. The van der Waals surface area contributed by atoms with Crippen molar-refractivity contribution < 1.29 is 4.79 Å². The van der Waals surface area contributed by atoms with E-state index < -0.39 is 0 Å². The van der Waals surface area contributed by atoms with Gasteiger partial charge in [-0.15, -0.1) is 11.3 Å². The van der Waals surface area contributed by atoms with Crippen LogP contribution in [0.25, 0.3) is 0 Å². The van der Waals surface area contributed by atoms with E-state index in [4.69, 9.17) is 0 Å². The number of carbonyl (C=O) groups is 1. The van der Waals surface area contributed by atoms with Crippen molar-refractivity contribution in [1.82, 2.24) is 10.6 Å². The zero-order valence-electron chi connectivity index (χ0n) is 11.3. The number of hydrogen-bond donors (Lipinski definition) is 2. The van der Waals surface area contributed by atoms with Gasteiger partial charge in [0.05, 0.1) is 4.88 Å². The number of hydrogen-bond acceptors (Lipinski definition) is 3. The minimum atomic E-state index is 0.131. The smallest absolute Gasteiger partial charge is 0.261 e. The fourth-order valence-corrected chi connectivity index (χ4v) is 4.17. The first-order valence-corrected chi connectivity index (χ1v) is 8.28. The monoisotopic (exact) mass is 278 g/mol. The Hall–Kier alpha value is -0.870. The van der Waals surface area contributed by atoms with E-state index >= 15 is 0 Å². The molecule has 104 valence electrons. The number of rotatable bonds is 2. The number of piperidine rings is 1. The molecule has 0 bridgehead atoms. The van der Waals surface area contributed by atoms with Gasteiger partial charge in [-0.1, -0.05) is 6.42 Å². The van der Waals surface area contributed by atoms with Crippen LogP contribution in [0.3, 0.4) is 0 Å². The largest absolute Gasteiger partial charge is 0.347 e. The molecule has 1 atom stereocenters. The molecule has 1 saturated heterocycles. The van der Waals surface area contributed by atoms with Crippen molar-refractivity contribution >= 4 is 17.2 Å². The molecular weight excluding hydrogens is 256 g/mol. The molecule has 0 saturated carbocycles. The van der Waals surface area contributed by atoms with Gasteiger partial charge in [-0.05, 0) is 56.7 Å². The minimum Gasteiger partial charge on any atom is -0.347 e. The molecular formula is C15H22N2OS. The number of fused-ring (bicyclic) bond motifs is 1. The summed E-state index contributed by atoms with van der Waals surface area (Å²) >= 11 is 1.71. The van der Waals surface area contributed by atoms with Crippen molar-refractivity contribution in [3.63, 3.8) is 0 Å². The zero-order chi connectivity index (χ0) is 13.1. The Morgan fingerprint density at radius 1 is 1.26 bits per heavy atom. The highest BCUT2D eigenvalue weighted by molar-refractivity contribution is 7.14. The Kier molecular flexibility index (Phi) is 4.18. The molecule has 3 nitrogen and oxygen atoms in total. The van der Waals surface area contributed by atoms with Gasteiger partial charge in [0, 0.05) is 17.5 Å². The van der Waals surface area contributed by atoms with Crippen molar-refractivity contribution in [2.24, 2.45) is 0 Å². The van der Waals surface area contributed by atoms with Crippen molar-refractivity contribution in [1.29, 1.82) is 0 Å². The lowest BCUT2D eigenvalue weighted by atomic mass is 10.1. The molecule has 1 aliphatic carbocycles. The molecule has 19 heavy (non-hydrogen) atoms. The Labute approximate surface area is 118 Å². The van der Waals surface area contributed by atoms with E-state index in [0.29, 0.717) is 6.04 Å². The number of carbonyl (C=O) groups excluding carboxylic acids is 1. The molecule has 1 aliphatic heterocycles. The van der Waals surface area contributed by atoms with Crippen LogP contribution in [0.15, 0.2) is 6.07 Å². The fraction of sp³-hybridized carbons (Fsp3) is 0.667. The summed E-state index contributed by atoms with van der Waals surface area (Å²) in [6, 6.07) is 2.44. The first-order chi connectivity index (χ1) is 9.33. The van der Waals surface area contributed by atoms with E-state index in [2.05, 4.69) is 16.7 Å². The van der Waals surface area contributed by atoms with Crippen LogP contribution in [0.1, 0.15) is 52.2 Å². The highest BCUT2D eigenvalue weighted by atomic mass is 32.1. The Bertz CT molecular complexity index is 425. The molecule has 2 aliphatic rings. The van der Waals surface area contributed by atoms with Gasteiger partial charge < -0.3 is 10.6 Å². The maximum atomic E-state index is 12.3. The van der Waals surface area contributed by atoms with Crippen molar-refractivity contribution in [3.8, 4) is 0 Å². The van der Waals surface area contributed by atoms with Gasteiger partial charge in [0.15, 0.2) is 0 Å². The molecule has 1 amide bonds. The van der Waals surface area contributed by atoms with Crippen LogP contribution in [0.2, 0.25) is 0 Å². The highest BCUT2D eigenvalue weighted by Gasteiger charge is 2.20. The lowest BCUT2D eigenvalue weighted by Gasteiger charge is -2.23. The predicted octanol–water partition coefficient (Wildman–Crippen LogP) is 2.50. The molecule has 3 rings (SSSR count). The summed E-state index contributed by atoms with van der Waals surface area (Å²) in [6.45, 7) is 2.00. The van der Waals surface area contributed by atoms with Crippen LogP contribution in [0.4, 0.5) is 0 Å². The molecule has 1 aromatic rings. The summed E-state index contributed by atoms with van der Waals surface area (Å²) in [6.07, 6.45) is 8.47. The number of amides is 1. The standard InChI is InChI=1S/C15H22N2OS/c18-15(17-12-6-4-8-16-10-12)14-9-11-5-2-1-3-7-13(11)19-14/h9,12,16H,1-8,10H2,(H,17,18)/t12-/m1/s1. The Morgan fingerprint density at radius 3 is 3.00 bits per heavy atom. The van der Waals surface area contributed by atoms with Crippen molar-refractivity contribution in [2.75, 3.05) is 13.1 Å². The SMILES string of the molecule is O=C(N[C@@H]1CCCNC1)c1cc2c(s1)CCCCC2. The predicted molar refractivity (Wildman–Crippen MR) is 78.9 cm³/mol. The normalized spacial score (nSPS) is 23.5. The summed E-state index contributed by atoms with van der Waals surface area (Å²) in [5.41, 5.74) is 1.43. The van der Waals surface area contributed by atoms with Gasteiger partial charge in [-0.3, -0.25) is 4.79 Å². The van der Waals surface area contributed by atoms with Crippen LogP contribution >= 0.6 is 11.3 Å². The van der Waals surface area contributed by atoms with Crippen molar-refractivity contribution in [3.05, 3.63) is 21.4 Å². The molecule has 1 fully saturated rings. The lowest BCUT2D eigenvalue weighted by molar-refractivity contribution is 0.0935. The van der Waals surface area contributed by atoms with Crippen molar-refractivity contribution in [2.45, 2.75) is 51.0 Å². The number of aryl methyl sites for hydroxylation is 2. The van der Waals surface area contributed by atoms with E-state index in [-0.39, 0.29) is 5.91 Å². The molecule has 0 radical (unpaired) electrons. The topological polar surface area (TPSA) is 41.1 Å². The zero-order valence-corrected chi connectivity index (χ0v) is 12.2. The summed E-state index contributed by atoms with van der Waals surface area (Å²) in [7, 11) is 0. The first-order valence-electron chi connectivity index (χ1n) is 7.46. The maximum Gasteiger partial charge on any atom is 0.261 e. The van der Waals surface area contributed by atoms with Crippen LogP contribution in [-0.4, -0.2) is 25.0 Å². The summed E-state index contributed by atoms with van der Waals surface area (Å²) < 4.78 is 0. The van der Waals surface area contributed by atoms with Gasteiger partial charge in [0.25, 0.3) is 5.91 Å². The second kappa shape index (κ2) is 6.06. The van der Waals surface area contributed by atoms with Gasteiger partial charge in [-0.2, -0.15) is 0 Å². The van der Waals surface area contributed by atoms with Gasteiger partial charge in [0.1, 0.15) is 0 Å². The van der Waals surface area contributed by atoms with E-state index in [9.17, 15) is 4.79 Å². The molecule has 2 N–H and O–H groups in total. The molecule has 0 aromatic carbocycles. The van der Waals surface area contributed by atoms with Gasteiger partial charge in [0.2, 0.25) is 0 Å². The van der Waals surface area contributed by atoms with E-state index in [1.165, 1.54) is 29.7 Å². The molecule has 2 heterocycles. The third-order valence-electron chi connectivity index (χ3n) is 4.10. The Morgan fingerprint density at radius 2 is 2.16 bits per heavy atom. The van der Waals surface area contributed by atoms with E-state index in [0.717, 1.165) is 43.6 Å². The van der Waals surface area contributed by atoms with Crippen LogP contribution in [0, 0.1) is 0 Å².